The number of halogens is 1. The second-order valence-electron chi connectivity index (χ2n) is 4.88. The minimum Gasteiger partial charge on any atom is -0.486 e. The molecule has 2 rings (SSSR count). The number of nitrogens with two attached hydrogens (primary N) is 1. The van der Waals surface area contributed by atoms with E-state index in [-0.39, 0.29) is 11.8 Å². The third kappa shape index (κ3) is 3.24. The van der Waals surface area contributed by atoms with Gasteiger partial charge in [-0.15, -0.1) is 0 Å². The largest absolute Gasteiger partial charge is 0.486 e. The van der Waals surface area contributed by atoms with Crippen molar-refractivity contribution < 1.29 is 14.3 Å². The second-order valence-corrected chi connectivity index (χ2v) is 5.73. The van der Waals surface area contributed by atoms with E-state index in [1.165, 1.54) is 0 Å². The van der Waals surface area contributed by atoms with Crippen LogP contribution in [0.4, 0.5) is 5.69 Å². The number of carbonyl (C=O) groups is 1. The summed E-state index contributed by atoms with van der Waals surface area (Å²) in [6.45, 7) is 5.01. The lowest BCUT2D eigenvalue weighted by atomic mass is 9.99. The van der Waals surface area contributed by atoms with E-state index in [4.69, 9.17) is 15.2 Å². The molecule has 6 heteroatoms. The predicted molar refractivity (Wildman–Crippen MR) is 81.2 cm³/mol. The minimum absolute atomic E-state index is 0.131. The molecule has 3 N–H and O–H groups in total. The van der Waals surface area contributed by atoms with Gasteiger partial charge in [0, 0.05) is 16.6 Å². The van der Waals surface area contributed by atoms with E-state index in [2.05, 4.69) is 21.2 Å². The maximum absolute atomic E-state index is 12.1. The van der Waals surface area contributed by atoms with Crippen LogP contribution in [-0.2, 0) is 4.79 Å². The molecule has 0 aromatic heterocycles. The number of hydrogen-bond acceptors (Lipinski definition) is 4. The normalized spacial score (nSPS) is 16.4. The molecule has 0 saturated carbocycles. The molecule has 0 spiro atoms. The summed E-state index contributed by atoms with van der Waals surface area (Å²) >= 11 is 3.42. The molecule has 0 fully saturated rings. The molecule has 1 aliphatic rings. The van der Waals surface area contributed by atoms with Gasteiger partial charge in [-0.3, -0.25) is 4.79 Å². The summed E-state index contributed by atoms with van der Waals surface area (Å²) < 4.78 is 11.7. The van der Waals surface area contributed by atoms with Gasteiger partial charge in [0.05, 0.1) is 11.7 Å². The fraction of sp³-hybridized carbons (Fsp3) is 0.500. The Labute approximate surface area is 126 Å². The van der Waals surface area contributed by atoms with Crippen LogP contribution in [0.25, 0.3) is 0 Å². The summed E-state index contributed by atoms with van der Waals surface area (Å²) in [5, 5.41) is 2.83. The zero-order valence-corrected chi connectivity index (χ0v) is 13.2. The van der Waals surface area contributed by atoms with Gasteiger partial charge in [0.15, 0.2) is 11.5 Å². The van der Waals surface area contributed by atoms with Crippen LogP contribution in [0.15, 0.2) is 16.6 Å². The first kappa shape index (κ1) is 15.1. The number of rotatable bonds is 4. The van der Waals surface area contributed by atoms with Gasteiger partial charge in [-0.1, -0.05) is 20.3 Å². The summed E-state index contributed by atoms with van der Waals surface area (Å²) in [7, 11) is 0. The number of nitrogens with one attached hydrogen (secondary N) is 1. The fourth-order valence-corrected chi connectivity index (χ4v) is 2.31. The zero-order valence-electron chi connectivity index (χ0n) is 11.6. The average Bonchev–Trinajstić information content (AvgIpc) is 2.46. The van der Waals surface area contributed by atoms with Crippen molar-refractivity contribution in [2.45, 2.75) is 26.3 Å². The summed E-state index contributed by atoms with van der Waals surface area (Å²) in [5.41, 5.74) is 6.56. The molecule has 2 unspecified atom stereocenters. The Balaban J connectivity index is 2.15. The van der Waals surface area contributed by atoms with E-state index in [0.29, 0.717) is 30.4 Å². The predicted octanol–water partition coefficient (Wildman–Crippen LogP) is 2.53. The number of amides is 1. The Hall–Kier alpha value is -1.27. The average molecular weight is 343 g/mol. The lowest BCUT2D eigenvalue weighted by molar-refractivity contribution is -0.118. The van der Waals surface area contributed by atoms with E-state index in [1.807, 2.05) is 13.8 Å². The minimum atomic E-state index is -0.528. The number of fused-ring (bicyclic) bond motifs is 1. The third-order valence-electron chi connectivity index (χ3n) is 3.45. The summed E-state index contributed by atoms with van der Waals surface area (Å²) in [4.78, 5) is 12.1. The van der Waals surface area contributed by atoms with Crippen LogP contribution in [-0.4, -0.2) is 25.2 Å². The Morgan fingerprint density at radius 2 is 2.00 bits per heavy atom. The van der Waals surface area contributed by atoms with Crippen molar-refractivity contribution in [3.05, 3.63) is 16.6 Å². The first-order chi connectivity index (χ1) is 9.52. The highest BCUT2D eigenvalue weighted by Gasteiger charge is 2.21. The molecule has 2 atom stereocenters. The fourth-order valence-electron chi connectivity index (χ4n) is 1.89. The van der Waals surface area contributed by atoms with Gasteiger partial charge in [-0.25, -0.2) is 0 Å². The van der Waals surface area contributed by atoms with Crippen LogP contribution < -0.4 is 20.5 Å². The van der Waals surface area contributed by atoms with Gasteiger partial charge >= 0.3 is 0 Å². The molecule has 5 nitrogen and oxygen atoms in total. The standard InChI is InChI=1S/C14H19BrN2O3/c1-3-8(2)13(16)14(18)17-10-7-12-11(6-9(10)15)19-4-5-20-12/h6-8,13H,3-5,16H2,1-2H3,(H,17,18). The molecule has 1 aromatic rings. The van der Waals surface area contributed by atoms with Gasteiger partial charge in [0.2, 0.25) is 5.91 Å². The summed E-state index contributed by atoms with van der Waals surface area (Å²) in [6.07, 6.45) is 0.858. The Morgan fingerprint density at radius 1 is 1.40 bits per heavy atom. The van der Waals surface area contributed by atoms with Crippen molar-refractivity contribution in [1.82, 2.24) is 0 Å². The van der Waals surface area contributed by atoms with Crippen molar-refractivity contribution >= 4 is 27.5 Å². The maximum Gasteiger partial charge on any atom is 0.241 e. The van der Waals surface area contributed by atoms with Crippen LogP contribution in [0.2, 0.25) is 0 Å². The first-order valence-electron chi connectivity index (χ1n) is 6.68. The topological polar surface area (TPSA) is 73.6 Å². The van der Waals surface area contributed by atoms with E-state index < -0.39 is 6.04 Å². The van der Waals surface area contributed by atoms with Crippen LogP contribution in [0.1, 0.15) is 20.3 Å². The molecule has 0 radical (unpaired) electrons. The molecule has 110 valence electrons. The van der Waals surface area contributed by atoms with Gasteiger partial charge < -0.3 is 20.5 Å². The van der Waals surface area contributed by atoms with Crippen molar-refractivity contribution in [2.24, 2.45) is 11.7 Å². The van der Waals surface area contributed by atoms with Crippen LogP contribution >= 0.6 is 15.9 Å². The smallest absolute Gasteiger partial charge is 0.241 e. The molecule has 1 amide bonds. The van der Waals surface area contributed by atoms with Gasteiger partial charge in [0.1, 0.15) is 13.2 Å². The molecule has 0 aliphatic carbocycles. The van der Waals surface area contributed by atoms with Gasteiger partial charge in [0.25, 0.3) is 0 Å². The molecular formula is C14H19BrN2O3. The van der Waals surface area contributed by atoms with E-state index in [1.54, 1.807) is 12.1 Å². The summed E-state index contributed by atoms with van der Waals surface area (Å²) in [6, 6.07) is 3.01. The second kappa shape index (κ2) is 6.45. The monoisotopic (exact) mass is 342 g/mol. The number of anilines is 1. The van der Waals surface area contributed by atoms with Crippen molar-refractivity contribution in [2.75, 3.05) is 18.5 Å². The number of hydrogen-bond donors (Lipinski definition) is 2. The van der Waals surface area contributed by atoms with Crippen molar-refractivity contribution in [1.29, 1.82) is 0 Å². The molecular weight excluding hydrogens is 324 g/mol. The highest BCUT2D eigenvalue weighted by molar-refractivity contribution is 9.10. The molecule has 1 aromatic carbocycles. The van der Waals surface area contributed by atoms with Crippen LogP contribution in [0.3, 0.4) is 0 Å². The van der Waals surface area contributed by atoms with E-state index in [0.717, 1.165) is 10.9 Å². The van der Waals surface area contributed by atoms with Crippen LogP contribution in [0, 0.1) is 5.92 Å². The Morgan fingerprint density at radius 3 is 2.60 bits per heavy atom. The Kier molecular flexibility index (Phi) is 4.88. The van der Waals surface area contributed by atoms with Crippen LogP contribution in [0.5, 0.6) is 11.5 Å². The van der Waals surface area contributed by atoms with Gasteiger partial charge in [-0.2, -0.15) is 0 Å². The van der Waals surface area contributed by atoms with Gasteiger partial charge in [-0.05, 0) is 21.8 Å². The highest BCUT2D eigenvalue weighted by atomic mass is 79.9. The number of ether oxygens (including phenoxy) is 2. The van der Waals surface area contributed by atoms with Crippen molar-refractivity contribution in [3.63, 3.8) is 0 Å². The molecule has 20 heavy (non-hydrogen) atoms. The van der Waals surface area contributed by atoms with E-state index >= 15 is 0 Å². The molecule has 1 aliphatic heterocycles. The SMILES string of the molecule is CCC(C)C(N)C(=O)Nc1cc2c(cc1Br)OCCO2. The lowest BCUT2D eigenvalue weighted by Crippen LogP contribution is -2.40. The first-order valence-corrected chi connectivity index (χ1v) is 7.47. The molecule has 0 saturated heterocycles. The Bertz CT molecular complexity index is 507. The third-order valence-corrected chi connectivity index (χ3v) is 4.11. The van der Waals surface area contributed by atoms with E-state index in [9.17, 15) is 4.79 Å². The number of carbonyl (C=O) groups excluding carboxylic acids is 1. The summed E-state index contributed by atoms with van der Waals surface area (Å²) in [5.74, 6) is 1.24. The zero-order chi connectivity index (χ0) is 14.7. The molecule has 0 bridgehead atoms. The number of benzene rings is 1. The molecule has 1 heterocycles. The lowest BCUT2D eigenvalue weighted by Gasteiger charge is -2.21. The maximum atomic E-state index is 12.1. The quantitative estimate of drug-likeness (QED) is 0.881. The highest BCUT2D eigenvalue weighted by Crippen LogP contribution is 2.38. The van der Waals surface area contributed by atoms with Crippen molar-refractivity contribution in [3.8, 4) is 11.5 Å².